The van der Waals surface area contributed by atoms with Gasteiger partial charge in [-0.3, -0.25) is 0 Å². The molecule has 0 atom stereocenters. The lowest BCUT2D eigenvalue weighted by atomic mass is 10.00. The molecule has 0 saturated heterocycles. The first kappa shape index (κ1) is 13.9. The molecule has 0 bridgehead atoms. The third-order valence-corrected chi connectivity index (χ3v) is 5.11. The maximum atomic E-state index is 3.49. The molecule has 1 aliphatic rings. The predicted octanol–water partition coefficient (Wildman–Crippen LogP) is 4.88. The van der Waals surface area contributed by atoms with Gasteiger partial charge in [-0.05, 0) is 37.8 Å². The van der Waals surface area contributed by atoms with Crippen LogP contribution in [0.4, 0.5) is 0 Å². The van der Waals surface area contributed by atoms with E-state index in [1.54, 1.807) is 0 Å². The molecule has 1 heteroatoms. The quantitative estimate of drug-likeness (QED) is 0.528. The van der Waals surface area contributed by atoms with E-state index in [2.05, 4.69) is 54.5 Å². The van der Waals surface area contributed by atoms with Crippen molar-refractivity contribution in [2.24, 2.45) is 0 Å². The molecule has 0 fully saturated rings. The van der Waals surface area contributed by atoms with E-state index >= 15 is 0 Å². The number of allylic oxidation sites excluding steroid dienone is 3. The van der Waals surface area contributed by atoms with Crippen LogP contribution >= 0.6 is 0 Å². The van der Waals surface area contributed by atoms with Gasteiger partial charge in [0.15, 0.2) is 8.07 Å². The monoisotopic (exact) mass is 266 g/mol. The van der Waals surface area contributed by atoms with E-state index in [9.17, 15) is 0 Å². The van der Waals surface area contributed by atoms with E-state index in [0.29, 0.717) is 0 Å². The van der Waals surface area contributed by atoms with Crippen LogP contribution in [-0.4, -0.2) is 8.07 Å². The molecule has 0 aliphatic heterocycles. The molecule has 1 aliphatic carbocycles. The Morgan fingerprint density at radius 2 is 1.89 bits per heavy atom. The van der Waals surface area contributed by atoms with Crippen LogP contribution in [-0.2, 0) is 0 Å². The summed E-state index contributed by atoms with van der Waals surface area (Å²) in [5, 5.41) is 0. The van der Waals surface area contributed by atoms with Gasteiger partial charge in [-0.15, -0.1) is 5.54 Å². The topological polar surface area (TPSA) is 0 Å². The first-order valence-electron chi connectivity index (χ1n) is 7.12. The Balaban J connectivity index is 2.04. The lowest BCUT2D eigenvalue weighted by molar-refractivity contribution is 0.712. The number of hydrogen-bond acceptors (Lipinski definition) is 0. The first-order chi connectivity index (χ1) is 9.16. The molecule has 0 aromatic heterocycles. The van der Waals surface area contributed by atoms with Gasteiger partial charge < -0.3 is 0 Å². The van der Waals surface area contributed by atoms with Crippen molar-refractivity contribution in [3.05, 3.63) is 59.3 Å². The molecule has 1 aromatic rings. The average Bonchev–Trinajstić information content (AvgIpc) is 2.46. The van der Waals surface area contributed by atoms with Crippen LogP contribution in [0.2, 0.25) is 13.1 Å². The highest BCUT2D eigenvalue weighted by molar-refractivity contribution is 6.89. The van der Waals surface area contributed by atoms with E-state index in [0.717, 1.165) is 5.56 Å². The van der Waals surface area contributed by atoms with Gasteiger partial charge in [0, 0.05) is 5.56 Å². The van der Waals surface area contributed by atoms with Gasteiger partial charge in [0.25, 0.3) is 0 Å². The molecule has 0 heterocycles. The minimum absolute atomic E-state index is 1.12. The Labute approximate surface area is 118 Å². The van der Waals surface area contributed by atoms with Crippen LogP contribution in [0.3, 0.4) is 0 Å². The summed E-state index contributed by atoms with van der Waals surface area (Å²) in [5.74, 6) is 3.31. The highest BCUT2D eigenvalue weighted by atomic mass is 28.3. The fourth-order valence-corrected chi connectivity index (χ4v) is 3.31. The Morgan fingerprint density at radius 1 is 1.11 bits per heavy atom. The van der Waals surface area contributed by atoms with Crippen molar-refractivity contribution < 1.29 is 0 Å². The van der Waals surface area contributed by atoms with Crippen LogP contribution in [0, 0.1) is 11.5 Å². The van der Waals surface area contributed by atoms with E-state index in [1.807, 2.05) is 18.2 Å². The predicted molar refractivity (Wildman–Crippen MR) is 86.5 cm³/mol. The van der Waals surface area contributed by atoms with Crippen LogP contribution in [0.15, 0.2) is 53.8 Å². The van der Waals surface area contributed by atoms with Crippen LogP contribution < -0.4 is 0 Å². The summed E-state index contributed by atoms with van der Waals surface area (Å²) in [5.41, 5.74) is 8.49. The summed E-state index contributed by atoms with van der Waals surface area (Å²) in [6, 6.07) is 10.3. The molecule has 0 radical (unpaired) electrons. The zero-order chi connectivity index (χ0) is 13.6. The summed E-state index contributed by atoms with van der Waals surface area (Å²) in [6.07, 6.45) is 9.89. The number of rotatable bonds is 2. The van der Waals surface area contributed by atoms with Gasteiger partial charge in [0.1, 0.15) is 0 Å². The first-order valence-corrected chi connectivity index (χ1v) is 10.2. The SMILES string of the molecule is C[Si](C)(C#Cc1ccccc1)/C=C/C1=CCCCC1. The van der Waals surface area contributed by atoms with E-state index in [4.69, 9.17) is 0 Å². The normalized spacial score (nSPS) is 15.8. The lowest BCUT2D eigenvalue weighted by Gasteiger charge is -2.11. The van der Waals surface area contributed by atoms with Crippen LogP contribution in [0.1, 0.15) is 31.2 Å². The summed E-state index contributed by atoms with van der Waals surface area (Å²) >= 11 is 0. The van der Waals surface area contributed by atoms with E-state index in [-0.39, 0.29) is 0 Å². The van der Waals surface area contributed by atoms with Crippen molar-refractivity contribution in [2.75, 3.05) is 0 Å². The van der Waals surface area contributed by atoms with Crippen molar-refractivity contribution in [3.8, 4) is 11.5 Å². The smallest absolute Gasteiger partial charge is 0.121 e. The summed E-state index contributed by atoms with van der Waals surface area (Å²) in [6.45, 7) is 4.62. The standard InChI is InChI=1S/C18H22Si/c1-19(2,15-13-17-9-5-3-6-10-17)16-14-18-11-7-4-8-12-18/h3,5-6,9-11,14,16H,4,7-8,12H2,1-2H3/b16-14+. The van der Waals surface area contributed by atoms with E-state index < -0.39 is 8.07 Å². The Kier molecular flexibility index (Phi) is 4.82. The average molecular weight is 266 g/mol. The third-order valence-electron chi connectivity index (χ3n) is 3.34. The van der Waals surface area contributed by atoms with Gasteiger partial charge in [-0.2, -0.15) is 0 Å². The van der Waals surface area contributed by atoms with Crippen LogP contribution in [0.25, 0.3) is 0 Å². The molecular formula is C18H22Si. The second-order valence-corrected chi connectivity index (χ2v) is 9.72. The number of hydrogen-bond donors (Lipinski definition) is 0. The largest absolute Gasteiger partial charge is 0.156 e. The summed E-state index contributed by atoms with van der Waals surface area (Å²) in [7, 11) is -1.55. The molecule has 0 unspecified atom stereocenters. The minimum Gasteiger partial charge on any atom is -0.121 e. The van der Waals surface area contributed by atoms with Gasteiger partial charge in [0.2, 0.25) is 0 Å². The molecule has 1 aromatic carbocycles. The molecule has 0 amide bonds. The molecular weight excluding hydrogens is 244 g/mol. The molecule has 0 saturated carbocycles. The second kappa shape index (κ2) is 6.59. The van der Waals surface area contributed by atoms with Crippen molar-refractivity contribution in [1.29, 1.82) is 0 Å². The lowest BCUT2D eigenvalue weighted by Crippen LogP contribution is -2.20. The Hall–Kier alpha value is -1.52. The third kappa shape index (κ3) is 4.93. The van der Waals surface area contributed by atoms with Gasteiger partial charge in [-0.25, -0.2) is 0 Å². The maximum absolute atomic E-state index is 3.49. The van der Waals surface area contributed by atoms with Gasteiger partial charge in [-0.1, -0.05) is 60.6 Å². The Bertz CT molecular complexity index is 524. The van der Waals surface area contributed by atoms with Crippen molar-refractivity contribution in [1.82, 2.24) is 0 Å². The molecule has 98 valence electrons. The fourth-order valence-electron chi connectivity index (χ4n) is 2.13. The summed E-state index contributed by atoms with van der Waals surface area (Å²) in [4.78, 5) is 0. The Morgan fingerprint density at radius 3 is 2.58 bits per heavy atom. The molecule has 0 nitrogen and oxygen atoms in total. The van der Waals surface area contributed by atoms with Crippen molar-refractivity contribution in [3.63, 3.8) is 0 Å². The molecule has 2 rings (SSSR count). The van der Waals surface area contributed by atoms with Crippen molar-refractivity contribution >= 4 is 8.07 Å². The molecule has 0 N–H and O–H groups in total. The molecule has 19 heavy (non-hydrogen) atoms. The van der Waals surface area contributed by atoms with E-state index in [1.165, 1.54) is 31.3 Å². The van der Waals surface area contributed by atoms with Gasteiger partial charge >= 0.3 is 0 Å². The zero-order valence-corrected chi connectivity index (χ0v) is 12.9. The maximum Gasteiger partial charge on any atom is 0.156 e. The number of benzene rings is 1. The van der Waals surface area contributed by atoms with Crippen LogP contribution in [0.5, 0.6) is 0 Å². The van der Waals surface area contributed by atoms with Crippen molar-refractivity contribution in [2.45, 2.75) is 38.8 Å². The minimum atomic E-state index is -1.55. The summed E-state index contributed by atoms with van der Waals surface area (Å²) < 4.78 is 0. The second-order valence-electron chi connectivity index (χ2n) is 5.70. The highest BCUT2D eigenvalue weighted by Gasteiger charge is 2.13. The zero-order valence-electron chi connectivity index (χ0n) is 11.9. The van der Waals surface area contributed by atoms with Gasteiger partial charge in [0.05, 0.1) is 0 Å². The molecule has 0 spiro atoms. The highest BCUT2D eigenvalue weighted by Crippen LogP contribution is 2.19. The fraction of sp³-hybridized carbons (Fsp3) is 0.333.